The molecule has 254 valence electrons. The molecule has 0 unspecified atom stereocenters. The smallest absolute Gasteiger partial charge is 0.160 e. The Hall–Kier alpha value is -6.32. The van der Waals surface area contributed by atoms with Crippen molar-refractivity contribution in [1.29, 1.82) is 0 Å². The summed E-state index contributed by atoms with van der Waals surface area (Å²) in [5.74, 6) is 0.753. The van der Waals surface area contributed by atoms with Crippen molar-refractivity contribution in [2.75, 3.05) is 0 Å². The molecule has 9 aromatic rings. The lowest BCUT2D eigenvalue weighted by atomic mass is 9.83. The van der Waals surface area contributed by atoms with Crippen LogP contribution in [-0.2, 0) is 12.8 Å². The predicted octanol–water partition coefficient (Wildman–Crippen LogP) is 12.5. The van der Waals surface area contributed by atoms with Gasteiger partial charge in [0, 0.05) is 33.2 Å². The van der Waals surface area contributed by atoms with Crippen LogP contribution in [0.2, 0.25) is 0 Å². The largest absolute Gasteiger partial charge is 0.309 e. The van der Waals surface area contributed by atoms with E-state index in [9.17, 15) is 0 Å². The number of nitrogens with zero attached hydrogens (tertiary/aromatic N) is 3. The Morgan fingerprint density at radius 2 is 0.981 bits per heavy atom. The van der Waals surface area contributed by atoms with Gasteiger partial charge in [-0.3, -0.25) is 0 Å². The lowest BCUT2D eigenvalue weighted by Gasteiger charge is -2.22. The van der Waals surface area contributed by atoms with E-state index in [-0.39, 0.29) is 0 Å². The molecule has 0 fully saturated rings. The minimum atomic E-state index is 0.753. The van der Waals surface area contributed by atoms with Crippen molar-refractivity contribution in [2.24, 2.45) is 0 Å². The van der Waals surface area contributed by atoms with Crippen LogP contribution in [0, 0.1) is 27.7 Å². The van der Waals surface area contributed by atoms with Gasteiger partial charge in [0.1, 0.15) is 0 Å². The summed E-state index contributed by atoms with van der Waals surface area (Å²) in [6.45, 7) is 8.60. The normalized spacial score (nSPS) is 12.4. The number of fused-ring (bicyclic) bond motifs is 6. The van der Waals surface area contributed by atoms with Crippen molar-refractivity contribution in [3.8, 4) is 39.6 Å². The van der Waals surface area contributed by atoms with Crippen molar-refractivity contribution in [1.82, 2.24) is 14.5 Å². The maximum absolute atomic E-state index is 5.16. The summed E-state index contributed by atoms with van der Waals surface area (Å²) in [6.07, 6.45) is 1.83. The minimum absolute atomic E-state index is 0.753. The Morgan fingerprint density at radius 3 is 1.66 bits per heavy atom. The number of aromatic nitrogens is 3. The monoisotopic (exact) mass is 681 g/mol. The van der Waals surface area contributed by atoms with Crippen LogP contribution >= 0.6 is 0 Å². The highest BCUT2D eigenvalue weighted by molar-refractivity contribution is 6.10. The summed E-state index contributed by atoms with van der Waals surface area (Å²) in [5, 5.41) is 5.18. The Kier molecular flexibility index (Phi) is 7.19. The van der Waals surface area contributed by atoms with Gasteiger partial charge in [-0.2, -0.15) is 0 Å². The van der Waals surface area contributed by atoms with Crippen LogP contribution in [0.5, 0.6) is 0 Å². The van der Waals surface area contributed by atoms with Crippen molar-refractivity contribution in [3.05, 3.63) is 184 Å². The fourth-order valence-corrected chi connectivity index (χ4v) is 8.37. The third-order valence-electron chi connectivity index (χ3n) is 11.1. The first-order valence-electron chi connectivity index (χ1n) is 18.6. The molecule has 2 aromatic heterocycles. The van der Waals surface area contributed by atoms with Crippen molar-refractivity contribution in [3.63, 3.8) is 0 Å². The lowest BCUT2D eigenvalue weighted by molar-refractivity contribution is 1.01. The van der Waals surface area contributed by atoms with Crippen molar-refractivity contribution >= 4 is 32.6 Å². The number of aryl methyl sites for hydroxylation is 4. The van der Waals surface area contributed by atoms with E-state index in [2.05, 4.69) is 172 Å². The van der Waals surface area contributed by atoms with Gasteiger partial charge in [0.15, 0.2) is 5.82 Å². The van der Waals surface area contributed by atoms with Crippen LogP contribution in [0.25, 0.3) is 72.2 Å². The quantitative estimate of drug-likeness (QED) is 0.185. The zero-order chi connectivity index (χ0) is 35.8. The molecule has 0 radical (unpaired) electrons. The Labute approximate surface area is 310 Å². The zero-order valence-electron chi connectivity index (χ0n) is 30.5. The van der Waals surface area contributed by atoms with E-state index in [0.717, 1.165) is 46.7 Å². The first-order chi connectivity index (χ1) is 25.8. The second-order valence-electron chi connectivity index (χ2n) is 15.1. The van der Waals surface area contributed by atoms with Crippen molar-refractivity contribution < 1.29 is 0 Å². The molecule has 0 saturated carbocycles. The fourth-order valence-electron chi connectivity index (χ4n) is 8.37. The highest BCUT2D eigenvalue weighted by Gasteiger charge is 2.20. The average molecular weight is 682 g/mol. The Morgan fingerprint density at radius 1 is 0.415 bits per heavy atom. The van der Waals surface area contributed by atoms with Crippen LogP contribution in [-0.4, -0.2) is 14.5 Å². The highest BCUT2D eigenvalue weighted by Crippen LogP contribution is 2.37. The average Bonchev–Trinajstić information content (AvgIpc) is 3.48. The van der Waals surface area contributed by atoms with Gasteiger partial charge in [-0.15, -0.1) is 0 Å². The van der Waals surface area contributed by atoms with Gasteiger partial charge in [0.05, 0.1) is 22.4 Å². The fraction of sp³-hybridized carbons (Fsp3) is 0.120. The van der Waals surface area contributed by atoms with E-state index in [1.807, 2.05) is 0 Å². The van der Waals surface area contributed by atoms with Crippen LogP contribution in [0.4, 0.5) is 0 Å². The molecule has 3 heteroatoms. The molecule has 53 heavy (non-hydrogen) atoms. The standard InChI is InChI=1S/C50H39N3/c1-30-7-5-9-36(19-30)46-29-47(52-50(51-46)38-10-6-8-31(2)20-38)37-14-13-34-23-41-27-42-28-43(16-15-35(42)24-40(41)26-39(34)25-37)53-48-17-11-32(3)21-44(48)45-22-33(4)12-18-49(45)53/h5-22,24-25,27-29H,23,26H2,1-4H3. The van der Waals surface area contributed by atoms with E-state index in [0.29, 0.717) is 0 Å². The third-order valence-corrected chi connectivity index (χ3v) is 11.1. The number of hydrogen-bond acceptors (Lipinski definition) is 2. The second kappa shape index (κ2) is 12.1. The molecule has 0 bridgehead atoms. The molecule has 0 amide bonds. The summed E-state index contributed by atoms with van der Waals surface area (Å²) in [5.41, 5.74) is 19.4. The van der Waals surface area contributed by atoms with Crippen LogP contribution in [0.3, 0.4) is 0 Å². The molecular formula is C50H39N3. The molecule has 0 aliphatic heterocycles. The van der Waals surface area contributed by atoms with Gasteiger partial charge in [-0.25, -0.2) is 9.97 Å². The Balaban J connectivity index is 1.03. The molecule has 10 rings (SSSR count). The van der Waals surface area contributed by atoms with E-state index in [1.54, 1.807) is 0 Å². The van der Waals surface area contributed by atoms with Gasteiger partial charge in [0.25, 0.3) is 0 Å². The summed E-state index contributed by atoms with van der Waals surface area (Å²) in [6, 6.07) is 51.6. The van der Waals surface area contributed by atoms with Crippen LogP contribution in [0.15, 0.2) is 140 Å². The predicted molar refractivity (Wildman–Crippen MR) is 221 cm³/mol. The summed E-state index contributed by atoms with van der Waals surface area (Å²) >= 11 is 0. The molecule has 3 nitrogen and oxygen atoms in total. The summed E-state index contributed by atoms with van der Waals surface area (Å²) in [4.78, 5) is 10.2. The molecule has 0 saturated heterocycles. The van der Waals surface area contributed by atoms with Gasteiger partial charge in [-0.1, -0.05) is 101 Å². The molecular weight excluding hydrogens is 643 g/mol. The zero-order valence-corrected chi connectivity index (χ0v) is 30.5. The maximum Gasteiger partial charge on any atom is 0.160 e. The van der Waals surface area contributed by atoms with Crippen LogP contribution in [0.1, 0.15) is 44.5 Å². The van der Waals surface area contributed by atoms with Gasteiger partial charge < -0.3 is 4.57 Å². The topological polar surface area (TPSA) is 30.7 Å². The van der Waals surface area contributed by atoms with Gasteiger partial charge in [0.2, 0.25) is 0 Å². The second-order valence-corrected chi connectivity index (χ2v) is 15.1. The van der Waals surface area contributed by atoms with E-state index in [4.69, 9.17) is 9.97 Å². The number of benzene rings is 7. The molecule has 0 N–H and O–H groups in total. The first-order valence-corrected chi connectivity index (χ1v) is 18.6. The molecule has 1 aliphatic rings. The molecule has 0 spiro atoms. The third kappa shape index (κ3) is 5.52. The molecule has 7 aromatic carbocycles. The van der Waals surface area contributed by atoms with Crippen LogP contribution < -0.4 is 0 Å². The van der Waals surface area contributed by atoms with Gasteiger partial charge >= 0.3 is 0 Å². The molecule has 0 atom stereocenters. The van der Waals surface area contributed by atoms with E-state index in [1.165, 1.54) is 82.8 Å². The number of rotatable bonds is 4. The molecule has 1 aliphatic carbocycles. The lowest BCUT2D eigenvalue weighted by Crippen LogP contribution is -2.08. The van der Waals surface area contributed by atoms with Crippen molar-refractivity contribution in [2.45, 2.75) is 40.5 Å². The summed E-state index contributed by atoms with van der Waals surface area (Å²) in [7, 11) is 0. The first kappa shape index (κ1) is 31.4. The SMILES string of the molecule is Cc1cccc(-c2cc(-c3ccc4c(c3)Cc3cc5ccc(-n6c7ccc(C)cc7c7cc(C)ccc76)cc5cc3C4)nc(-c3cccc(C)c3)n2)c1. The minimum Gasteiger partial charge on any atom is -0.309 e. The Bertz CT molecular complexity index is 2820. The number of hydrogen-bond donors (Lipinski definition) is 0. The highest BCUT2D eigenvalue weighted by atomic mass is 15.0. The van der Waals surface area contributed by atoms with E-state index >= 15 is 0 Å². The maximum atomic E-state index is 5.16. The van der Waals surface area contributed by atoms with Gasteiger partial charge in [-0.05, 0) is 134 Å². The molecule has 2 heterocycles. The van der Waals surface area contributed by atoms with E-state index < -0.39 is 0 Å². The summed E-state index contributed by atoms with van der Waals surface area (Å²) < 4.78 is 2.43.